The van der Waals surface area contributed by atoms with Gasteiger partial charge in [-0.3, -0.25) is 9.78 Å². The third-order valence-electron chi connectivity index (χ3n) is 4.15. The van der Waals surface area contributed by atoms with E-state index in [0.29, 0.717) is 12.4 Å². The highest BCUT2D eigenvalue weighted by molar-refractivity contribution is 6.08. The molecule has 4 rings (SSSR count). The van der Waals surface area contributed by atoms with Gasteiger partial charge in [0.1, 0.15) is 11.3 Å². The number of hydrogen-bond acceptors (Lipinski definition) is 5. The zero-order chi connectivity index (χ0) is 16.7. The molecule has 0 saturated carbocycles. The van der Waals surface area contributed by atoms with Crippen LogP contribution in [-0.4, -0.2) is 36.7 Å². The number of aliphatic hydroxyl groups excluding tert-OH is 1. The number of nitrogens with zero attached hydrogens (tertiary/aromatic N) is 4. The van der Waals surface area contributed by atoms with Gasteiger partial charge in [-0.1, -0.05) is 13.0 Å². The molecule has 3 heterocycles. The van der Waals surface area contributed by atoms with E-state index >= 15 is 0 Å². The lowest BCUT2D eigenvalue weighted by atomic mass is 10.1. The predicted molar refractivity (Wildman–Crippen MR) is 93.3 cm³/mol. The maximum absolute atomic E-state index is 9.23. The molecule has 3 aromatic heterocycles. The summed E-state index contributed by atoms with van der Waals surface area (Å²) in [6.07, 6.45) is 3.61. The SMILES string of the molecule is C[C@@H](CO)Cn1cc2c(N)nc3cc(-c4ccn[nH]4)ccc3c2n1. The number of rotatable bonds is 4. The zero-order valence-corrected chi connectivity index (χ0v) is 13.3. The summed E-state index contributed by atoms with van der Waals surface area (Å²) in [7, 11) is 0. The van der Waals surface area contributed by atoms with Crippen LogP contribution < -0.4 is 5.73 Å². The average molecular weight is 322 g/mol. The second-order valence-corrected chi connectivity index (χ2v) is 6.10. The van der Waals surface area contributed by atoms with Crippen molar-refractivity contribution in [2.24, 2.45) is 5.92 Å². The van der Waals surface area contributed by atoms with Crippen molar-refractivity contribution in [2.45, 2.75) is 13.5 Å². The number of fused-ring (bicyclic) bond motifs is 3. The van der Waals surface area contributed by atoms with Crippen molar-refractivity contribution in [3.8, 4) is 11.3 Å². The van der Waals surface area contributed by atoms with E-state index in [1.54, 1.807) is 6.20 Å². The molecule has 24 heavy (non-hydrogen) atoms. The van der Waals surface area contributed by atoms with Gasteiger partial charge in [0.05, 0.1) is 16.6 Å². The number of aliphatic hydroxyl groups is 1. The van der Waals surface area contributed by atoms with E-state index in [2.05, 4.69) is 20.3 Å². The Balaban J connectivity index is 1.87. The number of nitrogens with one attached hydrogen (secondary N) is 1. The fraction of sp³-hybridized carbons (Fsp3) is 0.235. The topological polar surface area (TPSA) is 106 Å². The summed E-state index contributed by atoms with van der Waals surface area (Å²) < 4.78 is 1.83. The van der Waals surface area contributed by atoms with Crippen LogP contribution in [0.2, 0.25) is 0 Å². The van der Waals surface area contributed by atoms with Crippen molar-refractivity contribution in [1.29, 1.82) is 0 Å². The van der Waals surface area contributed by atoms with Crippen LogP contribution in [0.25, 0.3) is 33.1 Å². The van der Waals surface area contributed by atoms with Crippen molar-refractivity contribution >= 4 is 27.6 Å². The minimum atomic E-state index is 0.123. The quantitative estimate of drug-likeness (QED) is 0.534. The highest BCUT2D eigenvalue weighted by Gasteiger charge is 2.13. The molecule has 0 fully saturated rings. The van der Waals surface area contributed by atoms with Crippen LogP contribution in [-0.2, 0) is 6.54 Å². The fourth-order valence-electron chi connectivity index (χ4n) is 2.88. The molecule has 7 heteroatoms. The molecule has 0 aliphatic heterocycles. The molecule has 122 valence electrons. The molecule has 7 nitrogen and oxygen atoms in total. The molecular formula is C17H18N6O. The molecule has 0 amide bonds. The molecule has 4 aromatic rings. The van der Waals surface area contributed by atoms with Gasteiger partial charge < -0.3 is 10.8 Å². The normalized spacial score (nSPS) is 12.9. The second-order valence-electron chi connectivity index (χ2n) is 6.10. The maximum atomic E-state index is 9.23. The van der Waals surface area contributed by atoms with Crippen molar-refractivity contribution in [3.05, 3.63) is 36.7 Å². The van der Waals surface area contributed by atoms with E-state index in [9.17, 15) is 5.11 Å². The summed E-state index contributed by atoms with van der Waals surface area (Å²) in [6, 6.07) is 7.91. The Bertz CT molecular complexity index is 1000. The first-order valence-corrected chi connectivity index (χ1v) is 7.82. The number of nitrogen functional groups attached to an aromatic ring is 1. The van der Waals surface area contributed by atoms with E-state index in [-0.39, 0.29) is 12.5 Å². The molecule has 0 unspecified atom stereocenters. The minimum absolute atomic E-state index is 0.123. The summed E-state index contributed by atoms with van der Waals surface area (Å²) in [5.41, 5.74) is 9.69. The van der Waals surface area contributed by atoms with E-state index in [0.717, 1.165) is 33.1 Å². The Morgan fingerprint density at radius 1 is 1.29 bits per heavy atom. The van der Waals surface area contributed by atoms with Gasteiger partial charge in [0.25, 0.3) is 0 Å². The highest BCUT2D eigenvalue weighted by Crippen LogP contribution is 2.29. The van der Waals surface area contributed by atoms with Crippen LogP contribution in [0.15, 0.2) is 36.7 Å². The number of pyridine rings is 1. The lowest BCUT2D eigenvalue weighted by Crippen LogP contribution is -2.11. The fourth-order valence-corrected chi connectivity index (χ4v) is 2.88. The van der Waals surface area contributed by atoms with E-state index in [1.165, 1.54) is 0 Å². The molecule has 0 bridgehead atoms. The Morgan fingerprint density at radius 2 is 2.17 bits per heavy atom. The molecule has 0 aliphatic rings. The standard InChI is InChI=1S/C17H18N6O/c1-10(9-24)7-23-8-13-16(22-23)12-3-2-11(14-4-5-19-21-14)6-15(12)20-17(13)18/h2-6,8,10,24H,7,9H2,1H3,(H2,18,20)(H,19,21)/t10-/m1/s1. The van der Waals surface area contributed by atoms with Gasteiger partial charge in [-0.15, -0.1) is 0 Å². The number of H-pyrrole nitrogens is 1. The zero-order valence-electron chi connectivity index (χ0n) is 13.3. The van der Waals surface area contributed by atoms with Crippen molar-refractivity contribution < 1.29 is 5.11 Å². The summed E-state index contributed by atoms with van der Waals surface area (Å²) in [6.45, 7) is 2.74. The van der Waals surface area contributed by atoms with Gasteiger partial charge in [0, 0.05) is 36.5 Å². The summed E-state index contributed by atoms with van der Waals surface area (Å²) in [5, 5.41) is 22.6. The first kappa shape index (κ1) is 14.6. The lowest BCUT2D eigenvalue weighted by Gasteiger charge is -2.06. The van der Waals surface area contributed by atoms with Crippen molar-refractivity contribution in [2.75, 3.05) is 12.3 Å². The Hall–Kier alpha value is -2.93. The Kier molecular flexibility index (Phi) is 3.42. The molecule has 1 atom stereocenters. The van der Waals surface area contributed by atoms with E-state index in [1.807, 2.05) is 42.1 Å². The molecular weight excluding hydrogens is 304 g/mol. The van der Waals surface area contributed by atoms with Crippen molar-refractivity contribution in [1.82, 2.24) is 25.0 Å². The number of hydrogen-bond donors (Lipinski definition) is 3. The summed E-state index contributed by atoms with van der Waals surface area (Å²) >= 11 is 0. The first-order valence-electron chi connectivity index (χ1n) is 7.82. The van der Waals surface area contributed by atoms with Crippen LogP contribution in [0.4, 0.5) is 5.82 Å². The van der Waals surface area contributed by atoms with Crippen LogP contribution in [0, 0.1) is 5.92 Å². The third-order valence-corrected chi connectivity index (χ3v) is 4.15. The van der Waals surface area contributed by atoms with Gasteiger partial charge >= 0.3 is 0 Å². The number of aromatic amines is 1. The molecule has 0 saturated heterocycles. The smallest absolute Gasteiger partial charge is 0.135 e. The maximum Gasteiger partial charge on any atom is 0.135 e. The van der Waals surface area contributed by atoms with Crippen molar-refractivity contribution in [3.63, 3.8) is 0 Å². The number of benzene rings is 1. The van der Waals surface area contributed by atoms with E-state index in [4.69, 9.17) is 5.73 Å². The molecule has 0 radical (unpaired) electrons. The number of anilines is 1. The molecule has 4 N–H and O–H groups in total. The molecule has 1 aromatic carbocycles. The minimum Gasteiger partial charge on any atom is -0.396 e. The first-order chi connectivity index (χ1) is 11.7. The summed E-state index contributed by atoms with van der Waals surface area (Å²) in [4.78, 5) is 4.53. The van der Waals surface area contributed by atoms with Crippen LogP contribution in [0.1, 0.15) is 6.92 Å². The lowest BCUT2D eigenvalue weighted by molar-refractivity contribution is 0.219. The average Bonchev–Trinajstić information content (AvgIpc) is 3.24. The Morgan fingerprint density at radius 3 is 2.92 bits per heavy atom. The van der Waals surface area contributed by atoms with E-state index < -0.39 is 0 Å². The molecule has 0 aliphatic carbocycles. The van der Waals surface area contributed by atoms with Crippen LogP contribution in [0.5, 0.6) is 0 Å². The number of nitrogens with two attached hydrogens (primary N) is 1. The largest absolute Gasteiger partial charge is 0.396 e. The van der Waals surface area contributed by atoms with Crippen LogP contribution >= 0.6 is 0 Å². The van der Waals surface area contributed by atoms with Gasteiger partial charge in [-0.05, 0) is 24.1 Å². The van der Waals surface area contributed by atoms with Crippen LogP contribution in [0.3, 0.4) is 0 Å². The van der Waals surface area contributed by atoms with Gasteiger partial charge in [-0.2, -0.15) is 10.2 Å². The monoisotopic (exact) mass is 322 g/mol. The predicted octanol–water partition coefficient (Wildman–Crippen LogP) is 2.19. The molecule has 0 spiro atoms. The second kappa shape index (κ2) is 5.61. The van der Waals surface area contributed by atoms with Gasteiger partial charge in [-0.25, -0.2) is 4.98 Å². The third kappa shape index (κ3) is 2.39. The van der Waals surface area contributed by atoms with Gasteiger partial charge in [0.2, 0.25) is 0 Å². The summed E-state index contributed by atoms with van der Waals surface area (Å²) in [5.74, 6) is 0.592. The number of aromatic nitrogens is 5. The van der Waals surface area contributed by atoms with Gasteiger partial charge in [0.15, 0.2) is 0 Å². The highest BCUT2D eigenvalue weighted by atomic mass is 16.3. The Labute approximate surface area is 138 Å².